The number of carbonyl (C=O) groups is 1. The van der Waals surface area contributed by atoms with Gasteiger partial charge in [-0.3, -0.25) is 9.69 Å². The number of hydrogen-bond donors (Lipinski definition) is 2. The van der Waals surface area contributed by atoms with Gasteiger partial charge in [0.25, 0.3) is 5.91 Å². The maximum atomic E-state index is 12.3. The summed E-state index contributed by atoms with van der Waals surface area (Å²) in [7, 11) is 0. The molecule has 5 heteroatoms. The van der Waals surface area contributed by atoms with Gasteiger partial charge in [-0.05, 0) is 36.2 Å². The van der Waals surface area contributed by atoms with Crippen molar-refractivity contribution < 1.29 is 9.90 Å². The molecule has 2 aromatic carbocycles. The molecule has 5 nitrogen and oxygen atoms in total. The van der Waals surface area contributed by atoms with E-state index in [-0.39, 0.29) is 18.1 Å². The Morgan fingerprint density at radius 2 is 1.92 bits per heavy atom. The summed E-state index contributed by atoms with van der Waals surface area (Å²) in [6.07, 6.45) is 0.293. The molecule has 25 heavy (non-hydrogen) atoms. The number of amides is 1. The molecule has 1 aliphatic rings. The van der Waals surface area contributed by atoms with Crippen LogP contribution in [0.3, 0.4) is 0 Å². The molecule has 3 rings (SSSR count). The van der Waals surface area contributed by atoms with Gasteiger partial charge in [-0.1, -0.05) is 30.3 Å². The minimum atomic E-state index is -0.361. The van der Waals surface area contributed by atoms with Gasteiger partial charge in [0, 0.05) is 31.2 Å². The minimum Gasteiger partial charge on any atom is -0.392 e. The first-order valence-corrected chi connectivity index (χ1v) is 8.40. The molecule has 1 heterocycles. The van der Waals surface area contributed by atoms with Gasteiger partial charge in [0.2, 0.25) is 0 Å². The van der Waals surface area contributed by atoms with Crippen LogP contribution in [-0.2, 0) is 6.54 Å². The zero-order valence-corrected chi connectivity index (χ0v) is 13.9. The van der Waals surface area contributed by atoms with Crippen molar-refractivity contribution in [2.24, 2.45) is 0 Å². The predicted octanol–water partition coefficient (Wildman–Crippen LogP) is 1.92. The summed E-state index contributed by atoms with van der Waals surface area (Å²) in [6.45, 7) is 1.87. The maximum Gasteiger partial charge on any atom is 0.251 e. The van der Waals surface area contributed by atoms with Crippen LogP contribution in [0, 0.1) is 11.3 Å². The molecule has 1 aliphatic heterocycles. The van der Waals surface area contributed by atoms with Crippen molar-refractivity contribution in [1.29, 1.82) is 5.26 Å². The fourth-order valence-corrected chi connectivity index (χ4v) is 3.19. The number of hydrogen-bond acceptors (Lipinski definition) is 4. The molecule has 2 atom stereocenters. The van der Waals surface area contributed by atoms with Crippen molar-refractivity contribution in [3.63, 3.8) is 0 Å². The quantitative estimate of drug-likeness (QED) is 0.875. The summed E-state index contributed by atoms with van der Waals surface area (Å²) in [4.78, 5) is 14.5. The molecule has 0 spiro atoms. The average Bonchev–Trinajstić information content (AvgIpc) is 3.00. The van der Waals surface area contributed by atoms with E-state index in [9.17, 15) is 9.90 Å². The second-order valence-electron chi connectivity index (χ2n) is 6.36. The molecule has 0 bridgehead atoms. The molecule has 0 radical (unpaired) electrons. The summed E-state index contributed by atoms with van der Waals surface area (Å²) in [5, 5.41) is 21.8. The molecule has 0 aromatic heterocycles. The third-order valence-electron chi connectivity index (χ3n) is 4.51. The fourth-order valence-electron chi connectivity index (χ4n) is 3.19. The average molecular weight is 335 g/mol. The van der Waals surface area contributed by atoms with Gasteiger partial charge in [-0.15, -0.1) is 0 Å². The van der Waals surface area contributed by atoms with Crippen LogP contribution in [0.2, 0.25) is 0 Å². The van der Waals surface area contributed by atoms with E-state index in [2.05, 4.69) is 22.3 Å². The van der Waals surface area contributed by atoms with Crippen molar-refractivity contribution in [1.82, 2.24) is 10.2 Å². The fraction of sp³-hybridized carbons (Fsp3) is 0.300. The highest BCUT2D eigenvalue weighted by Crippen LogP contribution is 2.20. The van der Waals surface area contributed by atoms with Crippen LogP contribution in [0.15, 0.2) is 54.6 Å². The van der Waals surface area contributed by atoms with Gasteiger partial charge >= 0.3 is 0 Å². The number of nitrogens with zero attached hydrogens (tertiary/aromatic N) is 2. The van der Waals surface area contributed by atoms with Crippen LogP contribution < -0.4 is 5.32 Å². The Kier molecular flexibility index (Phi) is 5.44. The number of carbonyl (C=O) groups excluding carboxylic acids is 1. The van der Waals surface area contributed by atoms with Gasteiger partial charge in [0.15, 0.2) is 0 Å². The van der Waals surface area contributed by atoms with E-state index in [4.69, 9.17) is 5.26 Å². The number of benzene rings is 2. The molecule has 1 saturated heterocycles. The van der Waals surface area contributed by atoms with E-state index >= 15 is 0 Å². The number of likely N-dealkylation sites (tertiary alicyclic amines) is 1. The van der Waals surface area contributed by atoms with Gasteiger partial charge in [0.1, 0.15) is 0 Å². The number of β-amino-alcohol motifs (C(OH)–C–C–N with tert-alkyl or cyclic N) is 1. The van der Waals surface area contributed by atoms with Crippen LogP contribution in [0.25, 0.3) is 0 Å². The zero-order valence-electron chi connectivity index (χ0n) is 13.9. The molecule has 128 valence electrons. The number of aliphatic hydroxyl groups excluding tert-OH is 1. The van der Waals surface area contributed by atoms with E-state index in [0.717, 1.165) is 6.54 Å². The minimum absolute atomic E-state index is 0.109. The lowest BCUT2D eigenvalue weighted by atomic mass is 10.1. The third kappa shape index (κ3) is 4.44. The largest absolute Gasteiger partial charge is 0.392 e. The number of nitrogens with one attached hydrogen (secondary N) is 1. The van der Waals surface area contributed by atoms with Crippen LogP contribution in [0.5, 0.6) is 0 Å². The standard InChI is InChI=1S/C20H21N3O2/c21-11-15-6-8-17(9-7-15)20(25)22-12-18-10-19(24)14-23(18)13-16-4-2-1-3-5-16/h1-9,18-19,24H,10,12-14H2,(H,22,25). The van der Waals surface area contributed by atoms with Crippen molar-refractivity contribution in [2.75, 3.05) is 13.1 Å². The van der Waals surface area contributed by atoms with Crippen LogP contribution in [-0.4, -0.2) is 41.1 Å². The highest BCUT2D eigenvalue weighted by atomic mass is 16.3. The van der Waals surface area contributed by atoms with Crippen molar-refractivity contribution >= 4 is 5.91 Å². The lowest BCUT2D eigenvalue weighted by molar-refractivity contribution is 0.0940. The molecule has 0 saturated carbocycles. The normalized spacial score (nSPS) is 20.2. The molecular formula is C20H21N3O2. The monoisotopic (exact) mass is 335 g/mol. The number of aliphatic hydroxyl groups is 1. The first-order chi connectivity index (χ1) is 12.2. The summed E-state index contributed by atoms with van der Waals surface area (Å²) in [5.41, 5.74) is 2.26. The molecule has 2 aromatic rings. The number of rotatable bonds is 5. The predicted molar refractivity (Wildman–Crippen MR) is 94.8 cm³/mol. The summed E-state index contributed by atoms with van der Waals surface area (Å²) >= 11 is 0. The highest BCUT2D eigenvalue weighted by Gasteiger charge is 2.30. The van der Waals surface area contributed by atoms with Crippen LogP contribution in [0.4, 0.5) is 0 Å². The molecular weight excluding hydrogens is 314 g/mol. The van der Waals surface area contributed by atoms with Crippen molar-refractivity contribution in [2.45, 2.75) is 25.1 Å². The third-order valence-corrected chi connectivity index (χ3v) is 4.51. The Morgan fingerprint density at radius 3 is 2.60 bits per heavy atom. The zero-order chi connectivity index (χ0) is 17.6. The summed E-state index contributed by atoms with van der Waals surface area (Å²) in [5.74, 6) is -0.162. The lowest BCUT2D eigenvalue weighted by Gasteiger charge is -2.24. The van der Waals surface area contributed by atoms with E-state index in [1.807, 2.05) is 24.3 Å². The van der Waals surface area contributed by atoms with E-state index in [0.29, 0.717) is 30.6 Å². The second-order valence-corrected chi connectivity index (χ2v) is 6.36. The SMILES string of the molecule is N#Cc1ccc(C(=O)NCC2CC(O)CN2Cc2ccccc2)cc1. The Labute approximate surface area is 147 Å². The van der Waals surface area contributed by atoms with E-state index < -0.39 is 0 Å². The smallest absolute Gasteiger partial charge is 0.251 e. The Bertz CT molecular complexity index is 753. The van der Waals surface area contributed by atoms with Gasteiger partial charge in [-0.25, -0.2) is 0 Å². The molecule has 2 unspecified atom stereocenters. The molecule has 1 fully saturated rings. The van der Waals surface area contributed by atoms with Crippen LogP contribution in [0.1, 0.15) is 27.9 Å². The molecule has 1 amide bonds. The van der Waals surface area contributed by atoms with Crippen molar-refractivity contribution in [3.05, 3.63) is 71.3 Å². The topological polar surface area (TPSA) is 76.4 Å². The first-order valence-electron chi connectivity index (χ1n) is 8.40. The molecule has 2 N–H and O–H groups in total. The van der Waals surface area contributed by atoms with E-state index in [1.54, 1.807) is 24.3 Å². The van der Waals surface area contributed by atoms with E-state index in [1.165, 1.54) is 5.56 Å². The Hall–Kier alpha value is -2.68. The van der Waals surface area contributed by atoms with Gasteiger partial charge < -0.3 is 10.4 Å². The van der Waals surface area contributed by atoms with Gasteiger partial charge in [0.05, 0.1) is 17.7 Å². The highest BCUT2D eigenvalue weighted by molar-refractivity contribution is 5.94. The lowest BCUT2D eigenvalue weighted by Crippen LogP contribution is -2.39. The van der Waals surface area contributed by atoms with Crippen molar-refractivity contribution in [3.8, 4) is 6.07 Å². The Balaban J connectivity index is 1.58. The van der Waals surface area contributed by atoms with Crippen LogP contribution >= 0.6 is 0 Å². The second kappa shape index (κ2) is 7.93. The maximum absolute atomic E-state index is 12.3. The van der Waals surface area contributed by atoms with Gasteiger partial charge in [-0.2, -0.15) is 5.26 Å². The molecule has 0 aliphatic carbocycles. The first kappa shape index (κ1) is 17.2. The number of nitriles is 1. The summed E-state index contributed by atoms with van der Waals surface area (Å²) in [6, 6.07) is 18.8. The summed E-state index contributed by atoms with van der Waals surface area (Å²) < 4.78 is 0. The Morgan fingerprint density at radius 1 is 1.20 bits per heavy atom.